The molecule has 0 heterocycles. The smallest absolute Gasteiger partial charge is 0.0675 e. The predicted octanol–water partition coefficient (Wildman–Crippen LogP) is 4.02. The second-order valence-corrected chi connectivity index (χ2v) is 9.81. The van der Waals surface area contributed by atoms with Crippen LogP contribution in [0.25, 0.3) is 0 Å². The van der Waals surface area contributed by atoms with Crippen molar-refractivity contribution >= 4 is 13.3 Å². The number of aryl methyl sites for hydroxylation is 1. The zero-order valence-electron chi connectivity index (χ0n) is 10.9. The summed E-state index contributed by atoms with van der Waals surface area (Å²) in [7, 11) is -1.17. The second-order valence-electron chi connectivity index (χ2n) is 4.59. The SMILES string of the molecule is CC[Si](CC)(CC)c1cccc(C)c1C. The summed E-state index contributed by atoms with van der Waals surface area (Å²) < 4.78 is 0. The lowest BCUT2D eigenvalue weighted by Crippen LogP contribution is -2.47. The van der Waals surface area contributed by atoms with Gasteiger partial charge in [-0.3, -0.25) is 0 Å². The van der Waals surface area contributed by atoms with E-state index < -0.39 is 8.07 Å². The van der Waals surface area contributed by atoms with Gasteiger partial charge >= 0.3 is 0 Å². The summed E-state index contributed by atoms with van der Waals surface area (Å²) in [5.41, 5.74) is 3.01. The van der Waals surface area contributed by atoms with E-state index in [0.29, 0.717) is 0 Å². The van der Waals surface area contributed by atoms with Crippen LogP contribution in [0.3, 0.4) is 0 Å². The molecule has 0 atom stereocenters. The van der Waals surface area contributed by atoms with Gasteiger partial charge in [-0.05, 0) is 25.0 Å². The zero-order valence-corrected chi connectivity index (χ0v) is 11.9. The number of hydrogen-bond donors (Lipinski definition) is 0. The van der Waals surface area contributed by atoms with Crippen molar-refractivity contribution in [2.24, 2.45) is 0 Å². The van der Waals surface area contributed by atoms with Gasteiger partial charge in [0, 0.05) is 0 Å². The molecule has 0 nitrogen and oxygen atoms in total. The van der Waals surface area contributed by atoms with Crippen molar-refractivity contribution in [2.75, 3.05) is 0 Å². The van der Waals surface area contributed by atoms with Crippen molar-refractivity contribution in [2.45, 2.75) is 52.8 Å². The first-order valence-electron chi connectivity index (χ1n) is 6.18. The lowest BCUT2D eigenvalue weighted by molar-refractivity contribution is 1.18. The number of hydrogen-bond acceptors (Lipinski definition) is 0. The van der Waals surface area contributed by atoms with Crippen LogP contribution in [0, 0.1) is 13.8 Å². The molecule has 1 heteroatoms. The molecule has 0 spiro atoms. The van der Waals surface area contributed by atoms with Gasteiger partial charge in [-0.15, -0.1) is 0 Å². The minimum absolute atomic E-state index is 1.17. The molecule has 0 aliphatic rings. The third kappa shape index (κ3) is 2.17. The Morgan fingerprint density at radius 3 is 1.93 bits per heavy atom. The summed E-state index contributed by atoms with van der Waals surface area (Å²) in [6.45, 7) is 11.7. The highest BCUT2D eigenvalue weighted by molar-refractivity contribution is 6.92. The molecule has 0 radical (unpaired) electrons. The molecule has 0 unspecified atom stereocenters. The molecule has 1 aromatic rings. The zero-order chi connectivity index (χ0) is 11.5. The molecule has 15 heavy (non-hydrogen) atoms. The largest absolute Gasteiger partial charge is 0.0862 e. The van der Waals surface area contributed by atoms with Crippen molar-refractivity contribution in [3.63, 3.8) is 0 Å². The molecule has 1 rings (SSSR count). The molecule has 0 N–H and O–H groups in total. The molecule has 0 aliphatic carbocycles. The molecule has 0 bridgehead atoms. The molecule has 0 fully saturated rings. The van der Waals surface area contributed by atoms with Gasteiger partial charge in [-0.1, -0.05) is 62.3 Å². The van der Waals surface area contributed by atoms with Crippen molar-refractivity contribution in [3.05, 3.63) is 29.3 Å². The highest BCUT2D eigenvalue weighted by atomic mass is 28.3. The van der Waals surface area contributed by atoms with Crippen molar-refractivity contribution in [3.8, 4) is 0 Å². The third-order valence-electron chi connectivity index (χ3n) is 4.21. The lowest BCUT2D eigenvalue weighted by Gasteiger charge is -2.30. The van der Waals surface area contributed by atoms with Gasteiger partial charge in [0.1, 0.15) is 0 Å². The maximum absolute atomic E-state index is 2.38. The average Bonchev–Trinajstić information content (AvgIpc) is 2.27. The summed E-state index contributed by atoms with van der Waals surface area (Å²) >= 11 is 0. The van der Waals surface area contributed by atoms with Crippen LogP contribution in [0.4, 0.5) is 0 Å². The van der Waals surface area contributed by atoms with E-state index in [2.05, 4.69) is 52.8 Å². The molecular weight excluding hydrogens is 196 g/mol. The summed E-state index contributed by atoms with van der Waals surface area (Å²) in [5.74, 6) is 0. The molecule has 84 valence electrons. The van der Waals surface area contributed by atoms with Crippen LogP contribution >= 0.6 is 0 Å². The average molecular weight is 220 g/mol. The van der Waals surface area contributed by atoms with Crippen LogP contribution in [0.1, 0.15) is 31.9 Å². The van der Waals surface area contributed by atoms with Crippen LogP contribution in [0.5, 0.6) is 0 Å². The molecule has 0 aliphatic heterocycles. The van der Waals surface area contributed by atoms with E-state index in [1.165, 1.54) is 23.7 Å². The Hall–Kier alpha value is -0.563. The maximum Gasteiger partial charge on any atom is 0.0862 e. The van der Waals surface area contributed by atoms with Crippen molar-refractivity contribution in [1.82, 2.24) is 0 Å². The molecular formula is C14H24Si. The van der Waals surface area contributed by atoms with Crippen LogP contribution in [0.2, 0.25) is 18.1 Å². The van der Waals surface area contributed by atoms with Crippen LogP contribution < -0.4 is 5.19 Å². The number of rotatable bonds is 4. The third-order valence-corrected chi connectivity index (χ3v) is 9.95. The minimum atomic E-state index is -1.17. The summed E-state index contributed by atoms with van der Waals surface area (Å²) in [6.07, 6.45) is 0. The van der Waals surface area contributed by atoms with Gasteiger partial charge in [0.25, 0.3) is 0 Å². The van der Waals surface area contributed by atoms with Gasteiger partial charge < -0.3 is 0 Å². The van der Waals surface area contributed by atoms with Crippen molar-refractivity contribution < 1.29 is 0 Å². The van der Waals surface area contributed by atoms with E-state index in [-0.39, 0.29) is 0 Å². The van der Waals surface area contributed by atoms with Crippen LogP contribution in [0.15, 0.2) is 18.2 Å². The van der Waals surface area contributed by atoms with Crippen molar-refractivity contribution in [1.29, 1.82) is 0 Å². The van der Waals surface area contributed by atoms with E-state index in [1.54, 1.807) is 10.8 Å². The Morgan fingerprint density at radius 1 is 0.933 bits per heavy atom. The van der Waals surface area contributed by atoms with Crippen LogP contribution in [-0.4, -0.2) is 8.07 Å². The Morgan fingerprint density at radius 2 is 1.47 bits per heavy atom. The van der Waals surface area contributed by atoms with Gasteiger partial charge in [-0.2, -0.15) is 0 Å². The highest BCUT2D eigenvalue weighted by Crippen LogP contribution is 2.22. The highest BCUT2D eigenvalue weighted by Gasteiger charge is 2.30. The van der Waals surface area contributed by atoms with E-state index in [0.717, 1.165) is 0 Å². The van der Waals surface area contributed by atoms with E-state index in [4.69, 9.17) is 0 Å². The standard InChI is InChI=1S/C14H24Si/c1-6-15(7-2,8-3)14-11-9-10-12(4)13(14)5/h9-11H,6-8H2,1-5H3. The lowest BCUT2D eigenvalue weighted by atomic mass is 10.1. The fourth-order valence-electron chi connectivity index (χ4n) is 2.65. The minimum Gasteiger partial charge on any atom is -0.0675 e. The molecule has 0 saturated heterocycles. The van der Waals surface area contributed by atoms with E-state index >= 15 is 0 Å². The maximum atomic E-state index is 2.38. The fourth-order valence-corrected chi connectivity index (χ4v) is 6.73. The summed E-state index contributed by atoms with van der Waals surface area (Å²) in [5, 5.41) is 1.70. The summed E-state index contributed by atoms with van der Waals surface area (Å²) in [6, 6.07) is 11.0. The van der Waals surface area contributed by atoms with Gasteiger partial charge in [0.05, 0.1) is 8.07 Å². The number of benzene rings is 1. The normalized spacial score (nSPS) is 11.8. The quantitative estimate of drug-likeness (QED) is 0.672. The molecule has 0 saturated carbocycles. The van der Waals surface area contributed by atoms with Crippen LogP contribution in [-0.2, 0) is 0 Å². The van der Waals surface area contributed by atoms with E-state index in [1.807, 2.05) is 0 Å². The Labute approximate surface area is 95.7 Å². The topological polar surface area (TPSA) is 0 Å². The molecule has 0 aromatic heterocycles. The van der Waals surface area contributed by atoms with Gasteiger partial charge in [0.15, 0.2) is 0 Å². The monoisotopic (exact) mass is 220 g/mol. The first kappa shape index (κ1) is 12.5. The van der Waals surface area contributed by atoms with Gasteiger partial charge in [0.2, 0.25) is 0 Å². The van der Waals surface area contributed by atoms with Gasteiger partial charge in [-0.25, -0.2) is 0 Å². The Bertz CT molecular complexity index is 316. The molecule has 0 amide bonds. The Kier molecular flexibility index (Phi) is 4.15. The first-order chi connectivity index (χ1) is 7.11. The fraction of sp³-hybridized carbons (Fsp3) is 0.571. The predicted molar refractivity (Wildman–Crippen MR) is 72.7 cm³/mol. The summed E-state index contributed by atoms with van der Waals surface area (Å²) in [4.78, 5) is 0. The Balaban J connectivity index is 3.28. The second kappa shape index (κ2) is 4.98. The van der Waals surface area contributed by atoms with E-state index in [9.17, 15) is 0 Å². The first-order valence-corrected chi connectivity index (χ1v) is 8.80. The molecule has 1 aromatic carbocycles.